The van der Waals surface area contributed by atoms with E-state index in [1.54, 1.807) is 4.52 Å². The maximum atomic E-state index is 13.6. The fourth-order valence-corrected chi connectivity index (χ4v) is 4.31. The van der Waals surface area contributed by atoms with Crippen molar-refractivity contribution in [3.63, 3.8) is 0 Å². The molecule has 10 heteroatoms. The summed E-state index contributed by atoms with van der Waals surface area (Å²) < 4.78 is 26.1. The van der Waals surface area contributed by atoms with Gasteiger partial charge < -0.3 is 20.5 Å². The van der Waals surface area contributed by atoms with Crippen LogP contribution >= 0.6 is 0 Å². The van der Waals surface area contributed by atoms with E-state index in [2.05, 4.69) is 15.4 Å². The van der Waals surface area contributed by atoms with Gasteiger partial charge in [-0.3, -0.25) is 4.79 Å². The highest BCUT2D eigenvalue weighted by Crippen LogP contribution is 2.33. The Balaban J connectivity index is 1.38. The largest absolute Gasteiger partial charge is 0.496 e. The highest BCUT2D eigenvalue weighted by Gasteiger charge is 2.25. The minimum atomic E-state index is -0.504. The summed E-state index contributed by atoms with van der Waals surface area (Å²) in [5, 5.41) is 7.22. The molecule has 4 aromatic rings. The number of imidazole rings is 1. The van der Waals surface area contributed by atoms with Gasteiger partial charge in [-0.15, -0.1) is 0 Å². The van der Waals surface area contributed by atoms with Gasteiger partial charge in [0.05, 0.1) is 12.7 Å². The number of amides is 1. The van der Waals surface area contributed by atoms with Gasteiger partial charge in [0, 0.05) is 31.2 Å². The number of nitrogens with two attached hydrogens (primary N) is 1. The van der Waals surface area contributed by atoms with E-state index in [9.17, 15) is 9.18 Å². The van der Waals surface area contributed by atoms with Gasteiger partial charge >= 0.3 is 0 Å². The second-order valence-electron chi connectivity index (χ2n) is 8.34. The van der Waals surface area contributed by atoms with Crippen LogP contribution in [-0.4, -0.2) is 45.8 Å². The van der Waals surface area contributed by atoms with Crippen molar-refractivity contribution in [1.29, 1.82) is 0 Å². The molecule has 0 saturated carbocycles. The van der Waals surface area contributed by atoms with Crippen LogP contribution in [0.1, 0.15) is 40.5 Å². The second-order valence-corrected chi connectivity index (χ2v) is 8.34. The van der Waals surface area contributed by atoms with E-state index in [1.165, 1.54) is 25.6 Å². The van der Waals surface area contributed by atoms with Gasteiger partial charge in [0.25, 0.3) is 5.91 Å². The molecule has 2 aromatic carbocycles. The van der Waals surface area contributed by atoms with Crippen LogP contribution in [-0.2, 0) is 11.3 Å². The third-order valence-corrected chi connectivity index (χ3v) is 6.16. The highest BCUT2D eigenvalue weighted by molar-refractivity contribution is 5.96. The maximum Gasteiger partial charge on any atom is 0.255 e. The number of rotatable bonds is 6. The molecule has 0 unspecified atom stereocenters. The number of methoxy groups -OCH3 is 1. The molecule has 0 radical (unpaired) electrons. The van der Waals surface area contributed by atoms with Gasteiger partial charge in [0.15, 0.2) is 5.82 Å². The van der Waals surface area contributed by atoms with E-state index < -0.39 is 11.7 Å². The van der Waals surface area contributed by atoms with Crippen molar-refractivity contribution in [1.82, 2.24) is 24.9 Å². The van der Waals surface area contributed by atoms with Gasteiger partial charge in [-0.1, -0.05) is 24.3 Å². The van der Waals surface area contributed by atoms with E-state index in [0.717, 1.165) is 35.9 Å². The number of hydrogen-bond donors (Lipinski definition) is 2. The van der Waals surface area contributed by atoms with Crippen molar-refractivity contribution in [2.24, 2.45) is 0 Å². The lowest BCUT2D eigenvalue weighted by Gasteiger charge is -2.20. The van der Waals surface area contributed by atoms with E-state index in [-0.39, 0.29) is 18.0 Å². The molecule has 1 fully saturated rings. The number of nitrogen functional groups attached to an aromatic ring is 1. The Morgan fingerprint density at radius 3 is 2.74 bits per heavy atom. The summed E-state index contributed by atoms with van der Waals surface area (Å²) in [7, 11) is 1.44. The number of aromatic nitrogens is 4. The Hall–Kier alpha value is -4.05. The smallest absolute Gasteiger partial charge is 0.255 e. The van der Waals surface area contributed by atoms with Crippen LogP contribution in [0.5, 0.6) is 5.75 Å². The first-order valence-electron chi connectivity index (χ1n) is 11.3. The monoisotopic (exact) mass is 476 g/mol. The van der Waals surface area contributed by atoms with Crippen LogP contribution in [0.4, 0.5) is 10.2 Å². The number of hydrogen-bond acceptors (Lipinski definition) is 7. The minimum Gasteiger partial charge on any atom is -0.496 e. The van der Waals surface area contributed by atoms with Gasteiger partial charge in [-0.05, 0) is 36.6 Å². The average Bonchev–Trinajstić information content (AvgIpc) is 3.29. The molecule has 1 saturated heterocycles. The van der Waals surface area contributed by atoms with Crippen molar-refractivity contribution in [3.05, 3.63) is 71.6 Å². The summed E-state index contributed by atoms with van der Waals surface area (Å²) in [5.41, 5.74) is 9.48. The quantitative estimate of drug-likeness (QED) is 0.438. The lowest BCUT2D eigenvalue weighted by molar-refractivity contribution is 0.0832. The molecular weight excluding hydrogens is 451 g/mol. The number of anilines is 1. The topological polar surface area (TPSA) is 117 Å². The number of fused-ring (bicyclic) bond motifs is 1. The summed E-state index contributed by atoms with van der Waals surface area (Å²) in [6.45, 7) is 1.65. The first-order chi connectivity index (χ1) is 17.0. The molecule has 35 heavy (non-hydrogen) atoms. The molecule has 0 spiro atoms. The van der Waals surface area contributed by atoms with Gasteiger partial charge in [-0.2, -0.15) is 5.10 Å². The predicted molar refractivity (Wildman–Crippen MR) is 128 cm³/mol. The molecule has 2 aromatic heterocycles. The average molecular weight is 477 g/mol. The molecule has 180 valence electrons. The van der Waals surface area contributed by atoms with Gasteiger partial charge in [0.2, 0.25) is 0 Å². The lowest BCUT2D eigenvalue weighted by atomic mass is 10.00. The molecule has 0 bridgehead atoms. The van der Waals surface area contributed by atoms with Crippen LogP contribution in [0.2, 0.25) is 0 Å². The Morgan fingerprint density at radius 1 is 1.23 bits per heavy atom. The van der Waals surface area contributed by atoms with Gasteiger partial charge in [-0.25, -0.2) is 18.9 Å². The number of carbonyl (C=O) groups is 1. The molecular formula is C25H25FN6O3. The molecule has 0 aliphatic carbocycles. The molecule has 9 nitrogen and oxygen atoms in total. The number of nitrogens with one attached hydrogen (secondary N) is 1. The standard InChI is InChI=1S/C25H25FN6O3/c1-34-20-7-6-18(26)12-19(20)25(33)28-13-15-2-4-16(5-3-15)21-22-23(27)29-14-30-32(22)24(31-21)17-8-10-35-11-9-17/h2-7,12,14,17H,8-11,13H2,1H3,(H,28,33)(H2,27,29,30). The lowest BCUT2D eigenvalue weighted by Crippen LogP contribution is -2.23. The summed E-state index contributed by atoms with van der Waals surface area (Å²) in [6, 6.07) is 11.5. The molecule has 1 aliphatic heterocycles. The van der Waals surface area contributed by atoms with Crippen LogP contribution in [0.15, 0.2) is 48.8 Å². The van der Waals surface area contributed by atoms with E-state index in [0.29, 0.717) is 36.0 Å². The van der Waals surface area contributed by atoms with Crippen LogP contribution in [0.25, 0.3) is 16.8 Å². The fraction of sp³-hybridized carbons (Fsp3) is 0.280. The van der Waals surface area contributed by atoms with Crippen LogP contribution < -0.4 is 15.8 Å². The Labute approximate surface area is 201 Å². The van der Waals surface area contributed by atoms with Crippen molar-refractivity contribution >= 4 is 17.2 Å². The first kappa shape index (κ1) is 22.7. The molecule has 1 amide bonds. The zero-order valence-corrected chi connectivity index (χ0v) is 19.2. The number of benzene rings is 2. The molecule has 0 atom stereocenters. The zero-order chi connectivity index (χ0) is 24.4. The zero-order valence-electron chi connectivity index (χ0n) is 19.2. The first-order valence-corrected chi connectivity index (χ1v) is 11.3. The maximum absolute atomic E-state index is 13.6. The van der Waals surface area contributed by atoms with Crippen molar-refractivity contribution in [2.45, 2.75) is 25.3 Å². The number of nitrogens with zero attached hydrogens (tertiary/aromatic N) is 4. The van der Waals surface area contributed by atoms with E-state index in [4.69, 9.17) is 20.2 Å². The molecule has 5 rings (SSSR count). The third-order valence-electron chi connectivity index (χ3n) is 6.16. The van der Waals surface area contributed by atoms with Crippen molar-refractivity contribution in [3.8, 4) is 17.0 Å². The summed E-state index contributed by atoms with van der Waals surface area (Å²) in [5.74, 6) is 0.834. The Kier molecular flexibility index (Phi) is 6.28. The number of halogens is 1. The van der Waals surface area contributed by atoms with Crippen LogP contribution in [0, 0.1) is 5.82 Å². The second kappa shape index (κ2) is 9.67. The summed E-state index contributed by atoms with van der Waals surface area (Å²) in [4.78, 5) is 21.7. The summed E-state index contributed by atoms with van der Waals surface area (Å²) in [6.07, 6.45) is 3.18. The van der Waals surface area contributed by atoms with Crippen molar-refractivity contribution < 1.29 is 18.7 Å². The predicted octanol–water partition coefficient (Wildman–Crippen LogP) is 3.35. The fourth-order valence-electron chi connectivity index (χ4n) is 4.31. The third kappa shape index (κ3) is 4.52. The van der Waals surface area contributed by atoms with Crippen molar-refractivity contribution in [2.75, 3.05) is 26.1 Å². The van der Waals surface area contributed by atoms with E-state index in [1.807, 2.05) is 24.3 Å². The van der Waals surface area contributed by atoms with Crippen LogP contribution in [0.3, 0.4) is 0 Å². The number of ether oxygens (including phenoxy) is 2. The normalized spacial score (nSPS) is 14.2. The summed E-state index contributed by atoms with van der Waals surface area (Å²) >= 11 is 0. The number of carbonyl (C=O) groups excluding carboxylic acids is 1. The SMILES string of the molecule is COc1ccc(F)cc1C(=O)NCc1ccc(-c2nc(C3CCOCC3)n3ncnc(N)c23)cc1. The highest BCUT2D eigenvalue weighted by atomic mass is 19.1. The Bertz CT molecular complexity index is 1370. The molecule has 3 heterocycles. The molecule has 1 aliphatic rings. The Morgan fingerprint density at radius 2 is 2.00 bits per heavy atom. The minimum absolute atomic E-state index is 0.143. The van der Waals surface area contributed by atoms with Gasteiger partial charge in [0.1, 0.15) is 34.9 Å². The molecule has 3 N–H and O–H groups in total. The van der Waals surface area contributed by atoms with E-state index >= 15 is 0 Å².